The lowest BCUT2D eigenvalue weighted by Gasteiger charge is -2.02. The smallest absolute Gasteiger partial charge is 0.311 e. The third-order valence-electron chi connectivity index (χ3n) is 2.00. The first-order valence-electron chi connectivity index (χ1n) is 5.32. The van der Waals surface area contributed by atoms with E-state index in [1.54, 1.807) is 0 Å². The van der Waals surface area contributed by atoms with Gasteiger partial charge >= 0.3 is 5.97 Å². The molecule has 0 saturated carbocycles. The topological polar surface area (TPSA) is 95.8 Å². The SMILES string of the molecule is COC(=O)Cc1cc(=O)[nH]c(SCCCC#N)n1. The normalized spacial score (nSPS) is 9.78. The van der Waals surface area contributed by atoms with Crippen molar-refractivity contribution in [2.45, 2.75) is 24.4 Å². The fourth-order valence-electron chi connectivity index (χ4n) is 1.18. The van der Waals surface area contributed by atoms with E-state index in [0.717, 1.165) is 6.42 Å². The van der Waals surface area contributed by atoms with Crippen LogP contribution < -0.4 is 5.56 Å². The Bertz CT molecular complexity index is 507. The van der Waals surface area contributed by atoms with E-state index in [1.165, 1.54) is 24.9 Å². The average Bonchev–Trinajstić information content (AvgIpc) is 2.34. The van der Waals surface area contributed by atoms with Crippen molar-refractivity contribution in [2.24, 2.45) is 0 Å². The zero-order valence-corrected chi connectivity index (χ0v) is 10.7. The number of methoxy groups -OCH3 is 1. The first kappa shape index (κ1) is 14.3. The van der Waals surface area contributed by atoms with Crippen LogP contribution in [-0.4, -0.2) is 28.8 Å². The Balaban J connectivity index is 2.66. The van der Waals surface area contributed by atoms with Crippen LogP contribution in [0.25, 0.3) is 0 Å². The Morgan fingerprint density at radius 2 is 2.44 bits per heavy atom. The van der Waals surface area contributed by atoms with Crippen molar-refractivity contribution >= 4 is 17.7 Å². The number of nitrogens with one attached hydrogen (secondary N) is 1. The number of nitrogens with zero attached hydrogens (tertiary/aromatic N) is 2. The van der Waals surface area contributed by atoms with Gasteiger partial charge < -0.3 is 9.72 Å². The molecule has 96 valence electrons. The van der Waals surface area contributed by atoms with Crippen LogP contribution in [0.4, 0.5) is 0 Å². The number of thioether (sulfide) groups is 1. The molecule has 0 aliphatic rings. The Kier molecular flexibility index (Phi) is 5.94. The van der Waals surface area contributed by atoms with E-state index < -0.39 is 5.97 Å². The lowest BCUT2D eigenvalue weighted by molar-refractivity contribution is -0.139. The van der Waals surface area contributed by atoms with Crippen molar-refractivity contribution in [3.63, 3.8) is 0 Å². The highest BCUT2D eigenvalue weighted by Crippen LogP contribution is 2.13. The predicted octanol–water partition coefficient (Wildman–Crippen LogP) is 0.881. The van der Waals surface area contributed by atoms with Crippen molar-refractivity contribution < 1.29 is 9.53 Å². The number of hydrogen-bond donors (Lipinski definition) is 1. The molecule has 0 amide bonds. The van der Waals surface area contributed by atoms with Crippen molar-refractivity contribution in [1.29, 1.82) is 5.26 Å². The van der Waals surface area contributed by atoms with Crippen LogP contribution in [0.15, 0.2) is 16.0 Å². The summed E-state index contributed by atoms with van der Waals surface area (Å²) in [6.07, 6.45) is 1.18. The molecule has 0 spiro atoms. The molecule has 0 fully saturated rings. The van der Waals surface area contributed by atoms with Crippen molar-refractivity contribution in [2.75, 3.05) is 12.9 Å². The Morgan fingerprint density at radius 3 is 3.11 bits per heavy atom. The summed E-state index contributed by atoms with van der Waals surface area (Å²) in [6.45, 7) is 0. The molecule has 0 radical (unpaired) electrons. The van der Waals surface area contributed by atoms with Gasteiger partial charge in [-0.15, -0.1) is 0 Å². The van der Waals surface area contributed by atoms with Crippen LogP contribution in [0, 0.1) is 11.3 Å². The number of rotatable bonds is 6. The molecular formula is C11H13N3O3S. The number of esters is 1. The third-order valence-corrected chi connectivity index (χ3v) is 2.96. The van der Waals surface area contributed by atoms with Crippen LogP contribution in [0.2, 0.25) is 0 Å². The second-order valence-corrected chi connectivity index (χ2v) is 4.49. The van der Waals surface area contributed by atoms with Gasteiger partial charge in [0, 0.05) is 18.2 Å². The van der Waals surface area contributed by atoms with E-state index in [1.807, 2.05) is 6.07 Å². The van der Waals surface area contributed by atoms with E-state index in [4.69, 9.17) is 5.26 Å². The van der Waals surface area contributed by atoms with Crippen molar-refractivity contribution in [3.05, 3.63) is 22.1 Å². The fourth-order valence-corrected chi connectivity index (χ4v) is 2.02. The van der Waals surface area contributed by atoms with Crippen molar-refractivity contribution in [3.8, 4) is 6.07 Å². The Morgan fingerprint density at radius 1 is 1.67 bits per heavy atom. The molecule has 18 heavy (non-hydrogen) atoms. The van der Waals surface area contributed by atoms with Crippen LogP contribution >= 0.6 is 11.8 Å². The molecule has 1 N–H and O–H groups in total. The second-order valence-electron chi connectivity index (χ2n) is 3.40. The number of nitriles is 1. The van der Waals surface area contributed by atoms with Crippen LogP contribution in [-0.2, 0) is 16.0 Å². The van der Waals surface area contributed by atoms with Gasteiger partial charge in [0.05, 0.1) is 25.3 Å². The first-order valence-corrected chi connectivity index (χ1v) is 6.31. The highest BCUT2D eigenvalue weighted by atomic mass is 32.2. The minimum atomic E-state index is -0.437. The van der Waals surface area contributed by atoms with Gasteiger partial charge in [-0.1, -0.05) is 11.8 Å². The van der Waals surface area contributed by atoms with Gasteiger partial charge in [0.1, 0.15) is 0 Å². The molecule has 0 atom stereocenters. The molecule has 1 aromatic heterocycles. The molecule has 0 aliphatic carbocycles. The van der Waals surface area contributed by atoms with Gasteiger partial charge in [-0.25, -0.2) is 4.98 Å². The summed E-state index contributed by atoms with van der Waals surface area (Å²) in [5.74, 6) is 0.256. The molecule has 1 aromatic rings. The molecule has 0 bridgehead atoms. The molecule has 0 saturated heterocycles. The number of H-pyrrole nitrogens is 1. The van der Waals surface area contributed by atoms with Crippen LogP contribution in [0.5, 0.6) is 0 Å². The lowest BCUT2D eigenvalue weighted by Crippen LogP contribution is -2.14. The van der Waals surface area contributed by atoms with Crippen LogP contribution in [0.3, 0.4) is 0 Å². The summed E-state index contributed by atoms with van der Waals surface area (Å²) < 4.78 is 4.51. The van der Waals surface area contributed by atoms with E-state index in [9.17, 15) is 9.59 Å². The number of aromatic amines is 1. The zero-order valence-electron chi connectivity index (χ0n) is 9.93. The lowest BCUT2D eigenvalue weighted by atomic mass is 10.3. The minimum Gasteiger partial charge on any atom is -0.469 e. The summed E-state index contributed by atoms with van der Waals surface area (Å²) in [5.41, 5.74) is 0.0834. The molecule has 0 unspecified atom stereocenters. The van der Waals surface area contributed by atoms with Gasteiger partial charge in [0.2, 0.25) is 0 Å². The largest absolute Gasteiger partial charge is 0.469 e. The standard InChI is InChI=1S/C11H13N3O3S/c1-17-10(16)7-8-6-9(15)14-11(13-8)18-5-3-2-4-12/h6H,2-3,5,7H2,1H3,(H,13,14,15). The van der Waals surface area contributed by atoms with Gasteiger partial charge in [0.25, 0.3) is 5.56 Å². The summed E-state index contributed by atoms with van der Waals surface area (Å²) in [4.78, 5) is 29.2. The molecule has 6 nitrogen and oxygen atoms in total. The average molecular weight is 267 g/mol. The van der Waals surface area contributed by atoms with Gasteiger partial charge in [-0.05, 0) is 6.42 Å². The highest BCUT2D eigenvalue weighted by Gasteiger charge is 2.07. The van der Waals surface area contributed by atoms with E-state index in [-0.39, 0.29) is 12.0 Å². The van der Waals surface area contributed by atoms with E-state index in [0.29, 0.717) is 23.0 Å². The summed E-state index contributed by atoms with van der Waals surface area (Å²) >= 11 is 1.35. The maximum absolute atomic E-state index is 11.4. The third kappa shape index (κ3) is 5.01. The number of carbonyl (C=O) groups is 1. The minimum absolute atomic E-state index is 0.0217. The summed E-state index contributed by atoms with van der Waals surface area (Å²) in [6, 6.07) is 3.32. The summed E-state index contributed by atoms with van der Waals surface area (Å²) in [7, 11) is 1.28. The van der Waals surface area contributed by atoms with Crippen LogP contribution in [0.1, 0.15) is 18.5 Å². The fraction of sp³-hybridized carbons (Fsp3) is 0.455. The predicted molar refractivity (Wildman–Crippen MR) is 66.1 cm³/mol. The first-order chi connectivity index (χ1) is 8.65. The molecule has 0 aromatic carbocycles. The molecule has 7 heteroatoms. The number of unbranched alkanes of at least 4 members (excludes halogenated alkanes) is 1. The molecular weight excluding hydrogens is 254 g/mol. The van der Waals surface area contributed by atoms with Gasteiger partial charge in [-0.3, -0.25) is 9.59 Å². The maximum atomic E-state index is 11.4. The molecule has 0 aliphatic heterocycles. The van der Waals surface area contributed by atoms with Gasteiger partial charge in [0.15, 0.2) is 5.16 Å². The quantitative estimate of drug-likeness (QED) is 0.356. The Hall–Kier alpha value is -1.81. The zero-order chi connectivity index (χ0) is 13.4. The van der Waals surface area contributed by atoms with E-state index in [2.05, 4.69) is 14.7 Å². The summed E-state index contributed by atoms with van der Waals surface area (Å²) in [5, 5.41) is 8.85. The van der Waals surface area contributed by atoms with Crippen molar-refractivity contribution in [1.82, 2.24) is 9.97 Å². The van der Waals surface area contributed by atoms with E-state index >= 15 is 0 Å². The van der Waals surface area contributed by atoms with Gasteiger partial charge in [-0.2, -0.15) is 5.26 Å². The number of aromatic nitrogens is 2. The second kappa shape index (κ2) is 7.50. The monoisotopic (exact) mass is 267 g/mol. The molecule has 1 heterocycles. The highest BCUT2D eigenvalue weighted by molar-refractivity contribution is 7.99. The maximum Gasteiger partial charge on any atom is 0.311 e. The number of hydrogen-bond acceptors (Lipinski definition) is 6. The number of ether oxygens (including phenoxy) is 1. The Labute approximate surface area is 108 Å². The molecule has 1 rings (SSSR count). The number of carbonyl (C=O) groups excluding carboxylic acids is 1.